The fourth-order valence-electron chi connectivity index (χ4n) is 3.19. The zero-order chi connectivity index (χ0) is 20.4. The Morgan fingerprint density at radius 3 is 2.72 bits per heavy atom. The first-order valence-electron chi connectivity index (χ1n) is 8.93. The maximum Gasteiger partial charge on any atom is 0.258 e. The van der Waals surface area contributed by atoms with Crippen molar-refractivity contribution in [2.75, 3.05) is 18.5 Å². The molecule has 0 radical (unpaired) electrons. The molecule has 2 heterocycles. The predicted octanol–water partition coefficient (Wildman–Crippen LogP) is 2.21. The summed E-state index contributed by atoms with van der Waals surface area (Å²) in [5.74, 6) is 0.626. The van der Waals surface area contributed by atoms with Crippen LogP contribution in [0.5, 0.6) is 0 Å². The highest BCUT2D eigenvalue weighted by molar-refractivity contribution is 7.98. The lowest BCUT2D eigenvalue weighted by atomic mass is 10.1. The molecule has 3 aromatic rings. The number of fused-ring (bicyclic) bond motifs is 1. The average molecular weight is 430 g/mol. The van der Waals surface area contributed by atoms with Gasteiger partial charge in [-0.05, 0) is 54.9 Å². The predicted molar refractivity (Wildman–Crippen MR) is 110 cm³/mol. The van der Waals surface area contributed by atoms with Gasteiger partial charge in [0, 0.05) is 23.5 Å². The van der Waals surface area contributed by atoms with Crippen LogP contribution < -0.4 is 9.62 Å². The van der Waals surface area contributed by atoms with E-state index in [0.717, 1.165) is 27.7 Å². The van der Waals surface area contributed by atoms with Crippen LogP contribution in [0.4, 0.5) is 5.69 Å². The zero-order valence-electron chi connectivity index (χ0n) is 15.6. The van der Waals surface area contributed by atoms with Crippen molar-refractivity contribution in [3.63, 3.8) is 0 Å². The molecule has 2 N–H and O–H groups in total. The third-order valence-electron chi connectivity index (χ3n) is 4.74. The molecule has 8 nitrogen and oxygen atoms in total. The Morgan fingerprint density at radius 1 is 1.24 bits per heavy atom. The number of anilines is 1. The smallest absolute Gasteiger partial charge is 0.258 e. The van der Waals surface area contributed by atoms with Crippen LogP contribution in [0.15, 0.2) is 58.8 Å². The first-order valence-corrected chi connectivity index (χ1v) is 11.4. The van der Waals surface area contributed by atoms with E-state index < -0.39 is 10.0 Å². The van der Waals surface area contributed by atoms with Gasteiger partial charge in [0.15, 0.2) is 5.16 Å². The van der Waals surface area contributed by atoms with Crippen molar-refractivity contribution in [1.29, 1.82) is 0 Å². The summed E-state index contributed by atoms with van der Waals surface area (Å²) in [5, 5.41) is 7.36. The highest BCUT2D eigenvalue weighted by Crippen LogP contribution is 2.31. The Hall–Kier alpha value is -2.69. The van der Waals surface area contributed by atoms with Crippen molar-refractivity contribution in [2.24, 2.45) is 0 Å². The van der Waals surface area contributed by atoms with Gasteiger partial charge in [0.05, 0.1) is 4.90 Å². The molecule has 1 aliphatic heterocycles. The SMILES string of the molecule is CNS(=O)(=O)c1ccc2c(c1)CCN2C(=O)c1ccc(CSc2ncn[nH]2)cc1. The summed E-state index contributed by atoms with van der Waals surface area (Å²) in [6.45, 7) is 0.528. The highest BCUT2D eigenvalue weighted by Gasteiger charge is 2.27. The third-order valence-corrected chi connectivity index (χ3v) is 7.10. The van der Waals surface area contributed by atoms with Gasteiger partial charge >= 0.3 is 0 Å². The third kappa shape index (κ3) is 4.04. The Kier molecular flexibility index (Phi) is 5.39. The van der Waals surface area contributed by atoms with E-state index in [0.29, 0.717) is 18.5 Å². The summed E-state index contributed by atoms with van der Waals surface area (Å²) in [4.78, 5) is 18.9. The fourth-order valence-corrected chi connectivity index (χ4v) is 4.70. The molecule has 0 aliphatic carbocycles. The van der Waals surface area contributed by atoms with E-state index in [4.69, 9.17) is 0 Å². The van der Waals surface area contributed by atoms with Gasteiger partial charge in [-0.15, -0.1) is 0 Å². The lowest BCUT2D eigenvalue weighted by Crippen LogP contribution is -2.28. The number of nitrogens with zero attached hydrogens (tertiary/aromatic N) is 3. The number of carbonyl (C=O) groups is 1. The van der Waals surface area contributed by atoms with Crippen LogP contribution in [-0.2, 0) is 22.2 Å². The summed E-state index contributed by atoms with van der Waals surface area (Å²) < 4.78 is 26.3. The lowest BCUT2D eigenvalue weighted by Gasteiger charge is -2.18. The molecular formula is C19H19N5O3S2. The van der Waals surface area contributed by atoms with Gasteiger partial charge in [-0.1, -0.05) is 23.9 Å². The molecule has 0 saturated heterocycles. The Labute approximate surface area is 172 Å². The molecule has 0 atom stereocenters. The van der Waals surface area contributed by atoms with Gasteiger partial charge in [0.1, 0.15) is 6.33 Å². The van der Waals surface area contributed by atoms with Crippen LogP contribution in [0.2, 0.25) is 0 Å². The van der Waals surface area contributed by atoms with Gasteiger partial charge in [-0.25, -0.2) is 18.1 Å². The number of aromatic nitrogens is 3. The number of carbonyl (C=O) groups excluding carboxylic acids is 1. The molecule has 29 heavy (non-hydrogen) atoms. The van der Waals surface area contributed by atoms with E-state index >= 15 is 0 Å². The molecule has 0 spiro atoms. The summed E-state index contributed by atoms with van der Waals surface area (Å²) in [6, 6.07) is 12.4. The van der Waals surface area contributed by atoms with Crippen LogP contribution in [0, 0.1) is 0 Å². The minimum atomic E-state index is -3.50. The number of hydrogen-bond acceptors (Lipinski definition) is 6. The topological polar surface area (TPSA) is 108 Å². The molecule has 4 rings (SSSR count). The zero-order valence-corrected chi connectivity index (χ0v) is 17.3. The van der Waals surface area contributed by atoms with Crippen molar-refractivity contribution in [1.82, 2.24) is 19.9 Å². The maximum atomic E-state index is 13.0. The van der Waals surface area contributed by atoms with Crippen LogP contribution in [-0.4, -0.2) is 43.1 Å². The number of benzene rings is 2. The average Bonchev–Trinajstić information content (AvgIpc) is 3.41. The molecule has 1 aliphatic rings. The largest absolute Gasteiger partial charge is 0.308 e. The van der Waals surface area contributed by atoms with Crippen molar-refractivity contribution < 1.29 is 13.2 Å². The Bertz CT molecular complexity index is 1130. The molecule has 2 aromatic carbocycles. The van der Waals surface area contributed by atoms with Crippen molar-refractivity contribution in [2.45, 2.75) is 22.2 Å². The number of aromatic amines is 1. The normalized spacial score (nSPS) is 13.5. The first kappa shape index (κ1) is 19.6. The molecule has 1 aromatic heterocycles. The molecule has 0 bridgehead atoms. The second-order valence-electron chi connectivity index (χ2n) is 6.48. The van der Waals surface area contributed by atoms with E-state index in [1.165, 1.54) is 31.2 Å². The van der Waals surface area contributed by atoms with Gasteiger partial charge in [0.25, 0.3) is 5.91 Å². The van der Waals surface area contributed by atoms with Crippen LogP contribution >= 0.6 is 11.8 Å². The van der Waals surface area contributed by atoms with Gasteiger partial charge in [0.2, 0.25) is 10.0 Å². The number of sulfonamides is 1. The molecule has 0 fully saturated rings. The van der Waals surface area contributed by atoms with Crippen LogP contribution in [0.25, 0.3) is 0 Å². The van der Waals surface area contributed by atoms with Crippen molar-refractivity contribution >= 4 is 33.4 Å². The first-order chi connectivity index (χ1) is 14.0. The summed E-state index contributed by atoms with van der Waals surface area (Å²) >= 11 is 1.54. The number of H-pyrrole nitrogens is 1. The summed E-state index contributed by atoms with van der Waals surface area (Å²) in [7, 11) is -2.12. The Morgan fingerprint density at radius 2 is 2.03 bits per heavy atom. The van der Waals surface area contributed by atoms with Gasteiger partial charge in [-0.3, -0.25) is 9.89 Å². The number of rotatable bonds is 6. The van der Waals surface area contributed by atoms with Crippen LogP contribution in [0.3, 0.4) is 0 Å². The van der Waals surface area contributed by atoms with E-state index in [9.17, 15) is 13.2 Å². The molecule has 0 unspecified atom stereocenters. The monoisotopic (exact) mass is 429 g/mol. The molecule has 150 valence electrons. The summed E-state index contributed by atoms with van der Waals surface area (Å²) in [5.41, 5.74) is 3.29. The minimum Gasteiger partial charge on any atom is -0.308 e. The van der Waals surface area contributed by atoms with Gasteiger partial charge in [-0.2, -0.15) is 5.10 Å². The number of hydrogen-bond donors (Lipinski definition) is 2. The molecular weight excluding hydrogens is 410 g/mol. The minimum absolute atomic E-state index is 0.0950. The van der Waals surface area contributed by atoms with E-state index in [-0.39, 0.29) is 10.8 Å². The number of amides is 1. The van der Waals surface area contributed by atoms with Crippen LogP contribution in [0.1, 0.15) is 21.5 Å². The quantitative estimate of drug-likeness (QED) is 0.582. The van der Waals surface area contributed by atoms with Gasteiger partial charge < -0.3 is 4.90 Å². The molecule has 0 saturated carbocycles. The molecule has 1 amide bonds. The second kappa shape index (κ2) is 7.97. The summed E-state index contributed by atoms with van der Waals surface area (Å²) in [6.07, 6.45) is 2.09. The number of nitrogens with one attached hydrogen (secondary N) is 2. The fraction of sp³-hybridized carbons (Fsp3) is 0.211. The second-order valence-corrected chi connectivity index (χ2v) is 9.33. The van der Waals surface area contributed by atoms with Crippen molar-refractivity contribution in [3.05, 3.63) is 65.5 Å². The molecule has 10 heteroatoms. The standard InChI is InChI=1S/C19H19N5O3S2/c1-20-29(26,27)16-6-7-17-15(10-16)8-9-24(17)18(25)14-4-2-13(3-5-14)11-28-19-21-12-22-23-19/h2-7,10,12,20H,8-9,11H2,1H3,(H,21,22,23). The van der Waals surface area contributed by atoms with E-state index in [2.05, 4.69) is 19.9 Å². The van der Waals surface area contributed by atoms with E-state index in [1.54, 1.807) is 17.0 Å². The van der Waals surface area contributed by atoms with E-state index in [1.807, 2.05) is 24.3 Å². The highest BCUT2D eigenvalue weighted by atomic mass is 32.2. The number of thioether (sulfide) groups is 1. The van der Waals surface area contributed by atoms with Crippen molar-refractivity contribution in [3.8, 4) is 0 Å². The maximum absolute atomic E-state index is 13.0. The Balaban J connectivity index is 1.48. The lowest BCUT2D eigenvalue weighted by molar-refractivity contribution is 0.0989.